The highest BCUT2D eigenvalue weighted by atomic mass is 16.5. The van der Waals surface area contributed by atoms with Gasteiger partial charge in [0.05, 0.1) is 14.2 Å². The van der Waals surface area contributed by atoms with E-state index in [0.717, 1.165) is 42.5 Å². The second-order valence-electron chi connectivity index (χ2n) is 5.63. The number of pyridine rings is 1. The number of ether oxygens (including phenoxy) is 2. The van der Waals surface area contributed by atoms with Crippen molar-refractivity contribution >= 4 is 5.82 Å². The molecule has 0 radical (unpaired) electrons. The summed E-state index contributed by atoms with van der Waals surface area (Å²) in [7, 11) is 3.24. The summed E-state index contributed by atoms with van der Waals surface area (Å²) in [5.74, 6) is 1.81. The average molecular weight is 310 g/mol. The number of aromatic amines is 1. The number of methoxy groups -OCH3 is 2. The first-order valence-corrected chi connectivity index (χ1v) is 7.68. The van der Waals surface area contributed by atoms with Gasteiger partial charge >= 0.3 is 0 Å². The van der Waals surface area contributed by atoms with Gasteiger partial charge in [0, 0.05) is 29.2 Å². The van der Waals surface area contributed by atoms with Crippen LogP contribution < -0.4 is 20.2 Å². The quantitative estimate of drug-likeness (QED) is 0.944. The molecule has 5 heteroatoms. The molecule has 23 heavy (non-hydrogen) atoms. The van der Waals surface area contributed by atoms with Crippen molar-refractivity contribution in [3.8, 4) is 28.7 Å². The number of nitrogens with one attached hydrogen (secondary N) is 1. The van der Waals surface area contributed by atoms with Crippen molar-refractivity contribution in [3.63, 3.8) is 0 Å². The molecule has 1 heterocycles. The van der Waals surface area contributed by atoms with Gasteiger partial charge in [-0.3, -0.25) is 5.73 Å². The van der Waals surface area contributed by atoms with Crippen molar-refractivity contribution in [2.24, 2.45) is 0 Å². The lowest BCUT2D eigenvalue weighted by Crippen LogP contribution is -2.24. The standard InChI is InChI=1S/C18H19N3O2/c1-22-11-7-8-13(16(9-11)23-2)17-12-5-3-4-6-15(12)21-18(20)14(17)10-19/h7-9H,3-6H2,1-2H3,(H2,20,21)/p+1. The van der Waals surface area contributed by atoms with Gasteiger partial charge in [-0.15, -0.1) is 0 Å². The lowest BCUT2D eigenvalue weighted by molar-refractivity contribution is -0.374. The van der Waals surface area contributed by atoms with Gasteiger partial charge in [-0.05, 0) is 31.4 Å². The van der Waals surface area contributed by atoms with Gasteiger partial charge in [0.25, 0.3) is 5.82 Å². The van der Waals surface area contributed by atoms with E-state index in [1.165, 1.54) is 5.56 Å². The van der Waals surface area contributed by atoms with Crippen LogP contribution in [-0.4, -0.2) is 14.2 Å². The number of aryl methyl sites for hydroxylation is 1. The Kier molecular flexibility index (Phi) is 4.07. The van der Waals surface area contributed by atoms with Gasteiger partial charge in [0.2, 0.25) is 0 Å². The van der Waals surface area contributed by atoms with Crippen LogP contribution in [0.5, 0.6) is 11.5 Å². The Hall–Kier alpha value is -2.74. The molecule has 1 aliphatic rings. The fraction of sp³-hybridized carbons (Fsp3) is 0.333. The number of nitriles is 1. The zero-order valence-electron chi connectivity index (χ0n) is 13.4. The summed E-state index contributed by atoms with van der Waals surface area (Å²) in [6.07, 6.45) is 4.14. The van der Waals surface area contributed by atoms with Crippen molar-refractivity contribution in [1.29, 1.82) is 5.26 Å². The van der Waals surface area contributed by atoms with Crippen molar-refractivity contribution in [2.75, 3.05) is 20.0 Å². The Balaban J connectivity index is 2.31. The van der Waals surface area contributed by atoms with Crippen LogP contribution in [0.25, 0.3) is 11.1 Å². The Morgan fingerprint density at radius 3 is 2.65 bits per heavy atom. The first-order valence-electron chi connectivity index (χ1n) is 7.68. The second kappa shape index (κ2) is 6.17. The van der Waals surface area contributed by atoms with E-state index in [-0.39, 0.29) is 0 Å². The number of rotatable bonds is 3. The van der Waals surface area contributed by atoms with Crippen LogP contribution in [0.2, 0.25) is 0 Å². The Morgan fingerprint density at radius 1 is 1.17 bits per heavy atom. The molecule has 1 aromatic heterocycles. The van der Waals surface area contributed by atoms with E-state index in [1.54, 1.807) is 14.2 Å². The summed E-state index contributed by atoms with van der Waals surface area (Å²) in [5.41, 5.74) is 10.6. The molecule has 0 saturated carbocycles. The molecular weight excluding hydrogens is 290 g/mol. The maximum absolute atomic E-state index is 9.61. The lowest BCUT2D eigenvalue weighted by Gasteiger charge is -2.20. The maximum Gasteiger partial charge on any atom is 0.289 e. The monoisotopic (exact) mass is 310 g/mol. The van der Waals surface area contributed by atoms with Gasteiger partial charge in [-0.1, -0.05) is 0 Å². The van der Waals surface area contributed by atoms with E-state index in [0.29, 0.717) is 22.9 Å². The molecule has 3 N–H and O–H groups in total. The molecular formula is C18H20N3O2+. The largest absolute Gasteiger partial charge is 0.497 e. The summed E-state index contributed by atoms with van der Waals surface area (Å²) in [4.78, 5) is 3.21. The summed E-state index contributed by atoms with van der Waals surface area (Å²) >= 11 is 0. The Morgan fingerprint density at radius 2 is 1.96 bits per heavy atom. The van der Waals surface area contributed by atoms with E-state index in [1.807, 2.05) is 18.2 Å². The number of aromatic nitrogens is 1. The van der Waals surface area contributed by atoms with E-state index in [2.05, 4.69) is 11.1 Å². The number of anilines is 1. The lowest BCUT2D eigenvalue weighted by atomic mass is 9.86. The molecule has 0 aliphatic heterocycles. The highest BCUT2D eigenvalue weighted by Gasteiger charge is 2.26. The normalized spacial score (nSPS) is 13.1. The number of hydrogen-bond donors (Lipinski definition) is 1. The highest BCUT2D eigenvalue weighted by Crippen LogP contribution is 2.40. The molecule has 0 spiro atoms. The van der Waals surface area contributed by atoms with Crippen LogP contribution >= 0.6 is 0 Å². The smallest absolute Gasteiger partial charge is 0.289 e. The van der Waals surface area contributed by atoms with Crippen molar-refractivity contribution < 1.29 is 14.5 Å². The molecule has 0 saturated heterocycles. The van der Waals surface area contributed by atoms with Gasteiger partial charge in [-0.2, -0.15) is 5.26 Å². The van der Waals surface area contributed by atoms with E-state index < -0.39 is 0 Å². The zero-order valence-corrected chi connectivity index (χ0v) is 13.4. The summed E-state index contributed by atoms with van der Waals surface area (Å²) in [5, 5.41) is 9.61. The number of H-pyrrole nitrogens is 1. The second-order valence-corrected chi connectivity index (χ2v) is 5.63. The van der Waals surface area contributed by atoms with Crippen molar-refractivity contribution in [3.05, 3.63) is 35.0 Å². The Labute approximate surface area is 135 Å². The average Bonchev–Trinajstić information content (AvgIpc) is 2.60. The van der Waals surface area contributed by atoms with Gasteiger partial charge < -0.3 is 9.47 Å². The summed E-state index contributed by atoms with van der Waals surface area (Å²) < 4.78 is 10.8. The minimum absolute atomic E-state index is 0.418. The zero-order chi connectivity index (χ0) is 16.4. The molecule has 0 atom stereocenters. The molecule has 0 bridgehead atoms. The first kappa shape index (κ1) is 15.2. The molecule has 0 fully saturated rings. The molecule has 0 amide bonds. The van der Waals surface area contributed by atoms with Crippen LogP contribution in [-0.2, 0) is 12.8 Å². The number of nitrogen functional groups attached to an aromatic ring is 1. The van der Waals surface area contributed by atoms with Gasteiger partial charge in [0.15, 0.2) is 0 Å². The number of nitrogens with zero attached hydrogens (tertiary/aromatic N) is 1. The third-order valence-corrected chi connectivity index (χ3v) is 4.36. The van der Waals surface area contributed by atoms with E-state index in [9.17, 15) is 5.26 Å². The number of hydrogen-bond acceptors (Lipinski definition) is 4. The van der Waals surface area contributed by atoms with E-state index in [4.69, 9.17) is 15.2 Å². The van der Waals surface area contributed by atoms with Crippen molar-refractivity contribution in [2.45, 2.75) is 25.7 Å². The molecule has 1 aliphatic carbocycles. The minimum Gasteiger partial charge on any atom is -0.497 e. The fourth-order valence-electron chi connectivity index (χ4n) is 3.25. The van der Waals surface area contributed by atoms with Crippen LogP contribution in [0.3, 0.4) is 0 Å². The maximum atomic E-state index is 9.61. The fourth-order valence-corrected chi connectivity index (χ4v) is 3.25. The SMILES string of the molecule is COc1ccc(-c2c(C#N)c(N)[nH+]c3c2CCCC3)c(OC)c1. The predicted octanol–water partition coefficient (Wildman–Crippen LogP) is 2.52. The molecule has 3 rings (SSSR count). The molecule has 1 aromatic carbocycles. The van der Waals surface area contributed by atoms with Crippen LogP contribution in [0, 0.1) is 11.3 Å². The molecule has 0 unspecified atom stereocenters. The summed E-state index contributed by atoms with van der Waals surface area (Å²) in [6, 6.07) is 7.89. The van der Waals surface area contributed by atoms with Gasteiger partial charge in [0.1, 0.15) is 28.8 Å². The predicted molar refractivity (Wildman–Crippen MR) is 87.3 cm³/mol. The van der Waals surface area contributed by atoms with Crippen molar-refractivity contribution in [1.82, 2.24) is 0 Å². The molecule has 5 nitrogen and oxygen atoms in total. The molecule has 2 aromatic rings. The third kappa shape index (κ3) is 2.57. The minimum atomic E-state index is 0.418. The topological polar surface area (TPSA) is 82.4 Å². The van der Waals surface area contributed by atoms with Crippen LogP contribution in [0.4, 0.5) is 5.82 Å². The highest BCUT2D eigenvalue weighted by molar-refractivity contribution is 5.82. The molecule has 118 valence electrons. The Bertz CT molecular complexity index is 794. The van der Waals surface area contributed by atoms with Gasteiger partial charge in [-0.25, -0.2) is 4.98 Å². The van der Waals surface area contributed by atoms with Crippen LogP contribution in [0.15, 0.2) is 18.2 Å². The number of benzene rings is 1. The number of fused-ring (bicyclic) bond motifs is 1. The summed E-state index contributed by atoms with van der Waals surface area (Å²) in [6.45, 7) is 0. The van der Waals surface area contributed by atoms with Crippen LogP contribution in [0.1, 0.15) is 29.7 Å². The first-order chi connectivity index (χ1) is 11.2. The third-order valence-electron chi connectivity index (χ3n) is 4.36. The number of nitrogens with two attached hydrogens (primary N) is 1. The van der Waals surface area contributed by atoms with E-state index >= 15 is 0 Å².